The molecule has 1 aliphatic carbocycles. The van der Waals surface area contributed by atoms with E-state index in [1.807, 2.05) is 0 Å². The second-order valence-corrected chi connectivity index (χ2v) is 8.81. The summed E-state index contributed by atoms with van der Waals surface area (Å²) < 4.78 is 47.0. The van der Waals surface area contributed by atoms with Crippen LogP contribution in [0.25, 0.3) is 5.57 Å². The fourth-order valence-corrected chi connectivity index (χ4v) is 5.28. The maximum absolute atomic E-state index is 13.1. The van der Waals surface area contributed by atoms with Gasteiger partial charge in [0.2, 0.25) is 10.0 Å². The lowest BCUT2D eigenvalue weighted by molar-refractivity contribution is -0.130. The van der Waals surface area contributed by atoms with Gasteiger partial charge in [0.1, 0.15) is 17.7 Å². The third kappa shape index (κ3) is 3.31. The standard InChI is InChI=1S/C20H18FNO6S/c1-10(20(24)25)13-3-2-4-14-17-16(28-19(13)14)9-15(23)18(17)22-29(26,27)12-7-5-11(21)6-8-12/h2-8,15-18,22-23H,1,9H2,(H,24,25). The van der Waals surface area contributed by atoms with Crippen LogP contribution in [0, 0.1) is 5.82 Å². The van der Waals surface area contributed by atoms with Crippen molar-refractivity contribution in [1.29, 1.82) is 0 Å². The van der Waals surface area contributed by atoms with Crippen molar-refractivity contribution >= 4 is 21.6 Å². The van der Waals surface area contributed by atoms with Crippen molar-refractivity contribution < 1.29 is 32.6 Å². The fraction of sp³-hybridized carbons (Fsp3) is 0.250. The highest BCUT2D eigenvalue weighted by Crippen LogP contribution is 2.49. The van der Waals surface area contributed by atoms with Crippen molar-refractivity contribution in [3.8, 4) is 5.75 Å². The summed E-state index contributed by atoms with van der Waals surface area (Å²) in [6, 6.07) is 8.42. The van der Waals surface area contributed by atoms with E-state index in [2.05, 4.69) is 11.3 Å². The number of ether oxygens (including phenoxy) is 1. The lowest BCUT2D eigenvalue weighted by Crippen LogP contribution is -2.43. The van der Waals surface area contributed by atoms with E-state index in [1.54, 1.807) is 18.2 Å². The molecule has 4 rings (SSSR count). The van der Waals surface area contributed by atoms with Gasteiger partial charge in [-0.25, -0.2) is 22.3 Å². The molecule has 2 aromatic rings. The number of hydrogen-bond acceptors (Lipinski definition) is 5. The van der Waals surface area contributed by atoms with Crippen molar-refractivity contribution in [3.63, 3.8) is 0 Å². The second kappa shape index (κ2) is 6.94. The zero-order chi connectivity index (χ0) is 20.9. The number of nitrogens with one attached hydrogen (secondary N) is 1. The normalized spacial score (nSPS) is 25.2. The van der Waals surface area contributed by atoms with E-state index in [4.69, 9.17) is 4.74 Å². The number of aliphatic hydroxyl groups is 1. The fourth-order valence-electron chi connectivity index (χ4n) is 3.98. The Hall–Kier alpha value is -2.75. The first-order valence-corrected chi connectivity index (χ1v) is 10.4. The minimum Gasteiger partial charge on any atom is -0.489 e. The summed E-state index contributed by atoms with van der Waals surface area (Å²) >= 11 is 0. The molecule has 9 heteroatoms. The maximum atomic E-state index is 13.1. The van der Waals surface area contributed by atoms with Crippen LogP contribution in [0.4, 0.5) is 4.39 Å². The van der Waals surface area contributed by atoms with Gasteiger partial charge in [0.05, 0.1) is 22.6 Å². The Balaban J connectivity index is 1.69. The van der Waals surface area contributed by atoms with Crippen LogP contribution in [0.2, 0.25) is 0 Å². The topological polar surface area (TPSA) is 113 Å². The third-order valence-corrected chi connectivity index (χ3v) is 6.82. The van der Waals surface area contributed by atoms with E-state index in [0.29, 0.717) is 16.9 Å². The molecule has 29 heavy (non-hydrogen) atoms. The van der Waals surface area contributed by atoms with Gasteiger partial charge in [0.25, 0.3) is 0 Å². The number of carboxylic acids is 1. The van der Waals surface area contributed by atoms with Gasteiger partial charge in [-0.2, -0.15) is 0 Å². The lowest BCUT2D eigenvalue weighted by atomic mass is 9.91. The Kier molecular flexibility index (Phi) is 4.68. The molecular formula is C20H18FNO6S. The number of sulfonamides is 1. The van der Waals surface area contributed by atoms with Crippen LogP contribution >= 0.6 is 0 Å². The SMILES string of the molecule is C=C(C(=O)O)c1cccc2c1OC1CC(O)C(NS(=O)(=O)c3ccc(F)cc3)C21. The van der Waals surface area contributed by atoms with Crippen LogP contribution in [0.1, 0.15) is 23.5 Å². The van der Waals surface area contributed by atoms with Crippen LogP contribution in [-0.4, -0.2) is 42.8 Å². The number of para-hydroxylation sites is 1. The molecule has 2 aliphatic rings. The highest BCUT2D eigenvalue weighted by molar-refractivity contribution is 7.89. The Morgan fingerprint density at radius 1 is 1.21 bits per heavy atom. The first-order chi connectivity index (χ1) is 13.7. The summed E-state index contributed by atoms with van der Waals surface area (Å²) in [5, 5.41) is 19.7. The van der Waals surface area contributed by atoms with Gasteiger partial charge in [-0.15, -0.1) is 0 Å². The number of carbonyl (C=O) groups is 1. The molecule has 0 bridgehead atoms. The van der Waals surface area contributed by atoms with Gasteiger partial charge in [-0.1, -0.05) is 24.8 Å². The molecule has 0 radical (unpaired) electrons. The summed E-state index contributed by atoms with van der Waals surface area (Å²) in [5.41, 5.74) is 0.795. The molecule has 152 valence electrons. The molecule has 1 aliphatic heterocycles. The monoisotopic (exact) mass is 419 g/mol. The molecule has 2 aromatic carbocycles. The van der Waals surface area contributed by atoms with E-state index in [-0.39, 0.29) is 16.9 Å². The van der Waals surface area contributed by atoms with E-state index < -0.39 is 46.0 Å². The molecule has 1 heterocycles. The number of halogens is 1. The van der Waals surface area contributed by atoms with Crippen molar-refractivity contribution in [2.24, 2.45) is 0 Å². The van der Waals surface area contributed by atoms with Gasteiger partial charge in [0, 0.05) is 23.5 Å². The smallest absolute Gasteiger partial charge is 0.335 e. The molecule has 4 unspecified atom stereocenters. The van der Waals surface area contributed by atoms with Crippen LogP contribution < -0.4 is 9.46 Å². The average molecular weight is 419 g/mol. The zero-order valence-corrected chi connectivity index (χ0v) is 15.9. The molecule has 1 fully saturated rings. The zero-order valence-electron chi connectivity index (χ0n) is 15.1. The van der Waals surface area contributed by atoms with E-state index in [0.717, 1.165) is 24.3 Å². The minimum atomic E-state index is -4.02. The van der Waals surface area contributed by atoms with Gasteiger partial charge in [-0.3, -0.25) is 0 Å². The summed E-state index contributed by atoms with van der Waals surface area (Å²) in [6.45, 7) is 3.56. The predicted octanol–water partition coefficient (Wildman–Crippen LogP) is 1.88. The van der Waals surface area contributed by atoms with Gasteiger partial charge >= 0.3 is 5.97 Å². The molecular weight excluding hydrogens is 401 g/mol. The second-order valence-electron chi connectivity index (χ2n) is 7.09. The summed E-state index contributed by atoms with van der Waals surface area (Å²) in [6.07, 6.45) is -1.34. The molecule has 0 aromatic heterocycles. The predicted molar refractivity (Wildman–Crippen MR) is 101 cm³/mol. The molecule has 1 saturated carbocycles. The molecule has 7 nitrogen and oxygen atoms in total. The van der Waals surface area contributed by atoms with Crippen LogP contribution in [0.15, 0.2) is 53.9 Å². The molecule has 0 spiro atoms. The first kappa shape index (κ1) is 19.6. The largest absolute Gasteiger partial charge is 0.489 e. The van der Waals surface area contributed by atoms with Crippen molar-refractivity contribution in [2.75, 3.05) is 0 Å². The van der Waals surface area contributed by atoms with Gasteiger partial charge in [0.15, 0.2) is 0 Å². The highest BCUT2D eigenvalue weighted by atomic mass is 32.2. The van der Waals surface area contributed by atoms with Crippen LogP contribution in [-0.2, 0) is 14.8 Å². The van der Waals surface area contributed by atoms with E-state index in [9.17, 15) is 27.8 Å². The number of rotatable bonds is 5. The Morgan fingerprint density at radius 3 is 2.55 bits per heavy atom. The molecule has 0 saturated heterocycles. The number of fused-ring (bicyclic) bond motifs is 3. The Morgan fingerprint density at radius 2 is 1.90 bits per heavy atom. The molecule has 0 amide bonds. The summed E-state index contributed by atoms with van der Waals surface area (Å²) in [5.74, 6) is -1.91. The quantitative estimate of drug-likeness (QED) is 0.638. The highest BCUT2D eigenvalue weighted by Gasteiger charge is 2.51. The van der Waals surface area contributed by atoms with Crippen molar-refractivity contribution in [1.82, 2.24) is 4.72 Å². The number of aliphatic carboxylic acids is 1. The Bertz CT molecular complexity index is 1100. The maximum Gasteiger partial charge on any atom is 0.335 e. The number of carboxylic acid groups (broad SMARTS) is 1. The van der Waals surface area contributed by atoms with Crippen molar-refractivity contribution in [2.45, 2.75) is 35.5 Å². The third-order valence-electron chi connectivity index (χ3n) is 5.35. The van der Waals surface area contributed by atoms with Crippen LogP contribution in [0.3, 0.4) is 0 Å². The first-order valence-electron chi connectivity index (χ1n) is 8.87. The number of aliphatic hydroxyl groups excluding tert-OH is 1. The van der Waals surface area contributed by atoms with Crippen molar-refractivity contribution in [3.05, 3.63) is 66.0 Å². The summed E-state index contributed by atoms with van der Waals surface area (Å²) in [7, 11) is -4.02. The minimum absolute atomic E-state index is 0.123. The average Bonchev–Trinajstić information content (AvgIpc) is 3.17. The number of benzene rings is 2. The van der Waals surface area contributed by atoms with E-state index in [1.165, 1.54) is 0 Å². The Labute approximate surface area is 166 Å². The van der Waals surface area contributed by atoms with Gasteiger partial charge < -0.3 is 14.9 Å². The molecule has 4 atom stereocenters. The number of hydrogen-bond donors (Lipinski definition) is 3. The summed E-state index contributed by atoms with van der Waals surface area (Å²) in [4.78, 5) is 11.2. The lowest BCUT2D eigenvalue weighted by Gasteiger charge is -2.22. The van der Waals surface area contributed by atoms with Gasteiger partial charge in [-0.05, 0) is 24.3 Å². The molecule has 3 N–H and O–H groups in total. The van der Waals surface area contributed by atoms with E-state index >= 15 is 0 Å². The van der Waals surface area contributed by atoms with Crippen LogP contribution in [0.5, 0.6) is 5.75 Å².